The van der Waals surface area contributed by atoms with E-state index >= 15 is 0 Å². The van der Waals surface area contributed by atoms with Gasteiger partial charge in [0.2, 0.25) is 0 Å². The van der Waals surface area contributed by atoms with Crippen LogP contribution in [0.4, 0.5) is 0 Å². The lowest BCUT2D eigenvalue weighted by molar-refractivity contribution is 0.0874. The molecular weight excluding hydrogens is 208 g/mol. The molecule has 17 heavy (non-hydrogen) atoms. The molecule has 2 N–H and O–H groups in total. The van der Waals surface area contributed by atoms with Crippen LogP contribution in [-0.2, 0) is 0 Å². The van der Waals surface area contributed by atoms with Gasteiger partial charge in [-0.2, -0.15) is 0 Å². The van der Waals surface area contributed by atoms with Crippen LogP contribution in [0.15, 0.2) is 0 Å². The molecule has 0 aromatic carbocycles. The van der Waals surface area contributed by atoms with Crippen molar-refractivity contribution < 1.29 is 0 Å². The third-order valence-electron chi connectivity index (χ3n) is 5.48. The van der Waals surface area contributed by atoms with Crippen molar-refractivity contribution >= 4 is 0 Å². The molecule has 1 heterocycles. The summed E-state index contributed by atoms with van der Waals surface area (Å²) in [7, 11) is 0. The quantitative estimate of drug-likeness (QED) is 0.795. The van der Waals surface area contributed by atoms with Gasteiger partial charge in [-0.15, -0.1) is 0 Å². The van der Waals surface area contributed by atoms with Gasteiger partial charge in [0.15, 0.2) is 0 Å². The minimum absolute atomic E-state index is 0.408. The molecule has 3 rings (SSSR count). The van der Waals surface area contributed by atoms with E-state index in [1.165, 1.54) is 77.3 Å². The number of likely N-dealkylation sites (tertiary alicyclic amines) is 1. The van der Waals surface area contributed by atoms with E-state index in [9.17, 15) is 0 Å². The average molecular weight is 236 g/mol. The molecule has 2 saturated carbocycles. The number of nitrogens with zero attached hydrogens (tertiary/aromatic N) is 1. The van der Waals surface area contributed by atoms with Crippen LogP contribution in [0, 0.1) is 5.92 Å². The van der Waals surface area contributed by atoms with E-state index in [-0.39, 0.29) is 0 Å². The molecule has 2 aliphatic carbocycles. The first-order valence-corrected chi connectivity index (χ1v) is 7.82. The molecule has 3 aliphatic rings. The first-order valence-electron chi connectivity index (χ1n) is 7.82. The van der Waals surface area contributed by atoms with E-state index < -0.39 is 0 Å². The van der Waals surface area contributed by atoms with Crippen LogP contribution in [0.5, 0.6) is 0 Å². The van der Waals surface area contributed by atoms with Crippen molar-refractivity contribution in [2.24, 2.45) is 11.7 Å². The summed E-state index contributed by atoms with van der Waals surface area (Å²) in [6.07, 6.45) is 14.0. The van der Waals surface area contributed by atoms with Crippen molar-refractivity contribution in [2.45, 2.75) is 75.8 Å². The summed E-state index contributed by atoms with van der Waals surface area (Å²) < 4.78 is 0. The van der Waals surface area contributed by atoms with Gasteiger partial charge in [0.1, 0.15) is 0 Å². The lowest BCUT2D eigenvalue weighted by Gasteiger charge is -2.43. The molecule has 0 radical (unpaired) electrons. The van der Waals surface area contributed by atoms with E-state index in [4.69, 9.17) is 5.73 Å². The van der Waals surface area contributed by atoms with E-state index in [0.717, 1.165) is 5.92 Å². The molecule has 1 aliphatic heterocycles. The fourth-order valence-electron chi connectivity index (χ4n) is 4.16. The fraction of sp³-hybridized carbons (Fsp3) is 1.00. The van der Waals surface area contributed by atoms with E-state index in [2.05, 4.69) is 4.90 Å². The second-order valence-corrected chi connectivity index (χ2v) is 6.63. The summed E-state index contributed by atoms with van der Waals surface area (Å²) in [5.41, 5.74) is 7.04. The Morgan fingerprint density at radius 2 is 1.71 bits per heavy atom. The Labute approximate surface area is 106 Å². The van der Waals surface area contributed by atoms with Crippen LogP contribution in [0.3, 0.4) is 0 Å². The normalized spacial score (nSPS) is 30.9. The highest BCUT2D eigenvalue weighted by Gasteiger charge is 2.45. The van der Waals surface area contributed by atoms with E-state index in [0.29, 0.717) is 11.6 Å². The van der Waals surface area contributed by atoms with Crippen molar-refractivity contribution in [1.82, 2.24) is 4.90 Å². The van der Waals surface area contributed by atoms with Gasteiger partial charge in [-0.05, 0) is 57.5 Å². The molecule has 3 fully saturated rings. The highest BCUT2D eigenvalue weighted by Crippen LogP contribution is 2.42. The summed E-state index contributed by atoms with van der Waals surface area (Å²) in [6.45, 7) is 2.63. The summed E-state index contributed by atoms with van der Waals surface area (Å²) in [6, 6.07) is 0.448. The Morgan fingerprint density at radius 3 is 2.29 bits per heavy atom. The standard InChI is InChI=1S/C15H28N2/c16-14(8-7-13-5-6-13)15(9-1-2-10-15)17-11-3-4-12-17/h13-14H,1-12,16H2. The van der Waals surface area contributed by atoms with Gasteiger partial charge in [-0.25, -0.2) is 0 Å². The third kappa shape index (κ3) is 2.39. The second kappa shape index (κ2) is 4.89. The monoisotopic (exact) mass is 236 g/mol. The third-order valence-corrected chi connectivity index (χ3v) is 5.48. The van der Waals surface area contributed by atoms with Crippen molar-refractivity contribution in [2.75, 3.05) is 13.1 Å². The lowest BCUT2D eigenvalue weighted by Crippen LogP contribution is -2.57. The maximum absolute atomic E-state index is 6.63. The first-order chi connectivity index (χ1) is 8.31. The summed E-state index contributed by atoms with van der Waals surface area (Å²) in [4.78, 5) is 2.76. The van der Waals surface area contributed by atoms with Gasteiger partial charge in [-0.1, -0.05) is 25.7 Å². The van der Waals surface area contributed by atoms with Crippen molar-refractivity contribution in [3.63, 3.8) is 0 Å². The minimum atomic E-state index is 0.408. The topological polar surface area (TPSA) is 29.3 Å². The molecule has 0 aromatic rings. The molecule has 1 unspecified atom stereocenters. The maximum atomic E-state index is 6.63. The van der Waals surface area contributed by atoms with Gasteiger partial charge in [0.05, 0.1) is 0 Å². The van der Waals surface area contributed by atoms with Gasteiger partial charge >= 0.3 is 0 Å². The van der Waals surface area contributed by atoms with Crippen LogP contribution in [0.25, 0.3) is 0 Å². The number of hydrogen-bond acceptors (Lipinski definition) is 2. The van der Waals surface area contributed by atoms with Crippen LogP contribution >= 0.6 is 0 Å². The summed E-state index contributed by atoms with van der Waals surface area (Å²) in [5, 5.41) is 0. The van der Waals surface area contributed by atoms with Crippen LogP contribution < -0.4 is 5.73 Å². The lowest BCUT2D eigenvalue weighted by atomic mass is 9.84. The maximum Gasteiger partial charge on any atom is 0.0360 e. The van der Waals surface area contributed by atoms with E-state index in [1.54, 1.807) is 0 Å². The van der Waals surface area contributed by atoms with Gasteiger partial charge in [0.25, 0.3) is 0 Å². The van der Waals surface area contributed by atoms with Crippen LogP contribution in [-0.4, -0.2) is 29.6 Å². The summed E-state index contributed by atoms with van der Waals surface area (Å²) in [5.74, 6) is 1.04. The molecule has 0 aromatic heterocycles. The molecule has 98 valence electrons. The molecule has 1 atom stereocenters. The fourth-order valence-corrected chi connectivity index (χ4v) is 4.16. The van der Waals surface area contributed by atoms with Crippen LogP contribution in [0.1, 0.15) is 64.2 Å². The highest BCUT2D eigenvalue weighted by atomic mass is 15.2. The van der Waals surface area contributed by atoms with Gasteiger partial charge < -0.3 is 5.73 Å². The van der Waals surface area contributed by atoms with Crippen molar-refractivity contribution in [1.29, 1.82) is 0 Å². The van der Waals surface area contributed by atoms with Crippen LogP contribution in [0.2, 0.25) is 0 Å². The molecule has 0 amide bonds. The largest absolute Gasteiger partial charge is 0.326 e. The zero-order chi connectivity index (χ0) is 11.7. The number of rotatable bonds is 5. The average Bonchev–Trinajstić information content (AvgIpc) is 2.86. The van der Waals surface area contributed by atoms with Gasteiger partial charge in [0, 0.05) is 11.6 Å². The predicted molar refractivity (Wildman–Crippen MR) is 71.9 cm³/mol. The number of hydrogen-bond donors (Lipinski definition) is 1. The molecule has 2 nitrogen and oxygen atoms in total. The zero-order valence-electron chi connectivity index (χ0n) is 11.2. The summed E-state index contributed by atoms with van der Waals surface area (Å²) >= 11 is 0. The zero-order valence-corrected chi connectivity index (χ0v) is 11.2. The molecule has 0 spiro atoms. The SMILES string of the molecule is NC(CCC1CC1)C1(N2CCCC2)CCCC1. The molecule has 0 bridgehead atoms. The van der Waals surface area contributed by atoms with Crippen molar-refractivity contribution in [3.8, 4) is 0 Å². The Morgan fingerprint density at radius 1 is 1.06 bits per heavy atom. The molecule has 2 heteroatoms. The van der Waals surface area contributed by atoms with Crippen molar-refractivity contribution in [3.05, 3.63) is 0 Å². The first kappa shape index (κ1) is 12.0. The highest BCUT2D eigenvalue weighted by molar-refractivity contribution is 5.03. The predicted octanol–water partition coefficient (Wildman–Crippen LogP) is 2.91. The second-order valence-electron chi connectivity index (χ2n) is 6.63. The Bertz CT molecular complexity index is 248. The molecule has 1 saturated heterocycles. The van der Waals surface area contributed by atoms with Gasteiger partial charge in [-0.3, -0.25) is 4.90 Å². The molecular formula is C15H28N2. The Balaban J connectivity index is 1.64. The van der Waals surface area contributed by atoms with E-state index in [1.807, 2.05) is 0 Å². The Kier molecular flexibility index (Phi) is 3.45. The smallest absolute Gasteiger partial charge is 0.0360 e. The number of nitrogens with two attached hydrogens (primary N) is 1. The Hall–Kier alpha value is -0.0800. The minimum Gasteiger partial charge on any atom is -0.326 e.